The quantitative estimate of drug-likeness (QED) is 0.798. The van der Waals surface area contributed by atoms with Crippen LogP contribution in [0.4, 0.5) is 8.78 Å². The molecule has 3 rings (SSSR count). The molecule has 1 aliphatic rings. The van der Waals surface area contributed by atoms with Gasteiger partial charge in [0, 0.05) is 18.5 Å². The van der Waals surface area contributed by atoms with Crippen LogP contribution < -0.4 is 5.32 Å². The van der Waals surface area contributed by atoms with E-state index in [0.717, 1.165) is 11.6 Å². The summed E-state index contributed by atoms with van der Waals surface area (Å²) >= 11 is 0. The molecule has 26 heavy (non-hydrogen) atoms. The topological polar surface area (TPSA) is 66.4 Å². The lowest BCUT2D eigenvalue weighted by Gasteiger charge is -2.13. The first-order chi connectivity index (χ1) is 12.5. The smallest absolute Gasteiger partial charge is 0.308 e. The zero-order chi connectivity index (χ0) is 18.7. The van der Waals surface area contributed by atoms with E-state index in [0.29, 0.717) is 18.4 Å². The molecule has 6 heteroatoms. The second-order valence-corrected chi connectivity index (χ2v) is 6.58. The molecule has 1 aliphatic carbocycles. The number of carboxylic acids is 1. The zero-order valence-electron chi connectivity index (χ0n) is 14.0. The molecular weight excluding hydrogens is 340 g/mol. The summed E-state index contributed by atoms with van der Waals surface area (Å²) in [6, 6.07) is 12.5. The number of halogens is 2. The Balaban J connectivity index is 1.55. The van der Waals surface area contributed by atoms with Crippen LogP contribution >= 0.6 is 0 Å². The molecule has 1 saturated carbocycles. The summed E-state index contributed by atoms with van der Waals surface area (Å²) in [5, 5.41) is 12.0. The third kappa shape index (κ3) is 4.25. The summed E-state index contributed by atoms with van der Waals surface area (Å²) in [5.74, 6) is -4.00. The number of carbonyl (C=O) groups excluding carboxylic acids is 1. The Morgan fingerprint density at radius 1 is 1.15 bits per heavy atom. The molecule has 3 unspecified atom stereocenters. The molecule has 0 radical (unpaired) electrons. The maximum Gasteiger partial charge on any atom is 0.308 e. The molecule has 0 aliphatic heterocycles. The van der Waals surface area contributed by atoms with Gasteiger partial charge < -0.3 is 10.4 Å². The van der Waals surface area contributed by atoms with Crippen LogP contribution in [-0.4, -0.2) is 23.5 Å². The highest BCUT2D eigenvalue weighted by Gasteiger charge is 2.45. The van der Waals surface area contributed by atoms with Gasteiger partial charge in [-0.15, -0.1) is 0 Å². The Morgan fingerprint density at radius 2 is 1.88 bits per heavy atom. The van der Waals surface area contributed by atoms with Crippen LogP contribution in [0.1, 0.15) is 23.5 Å². The van der Waals surface area contributed by atoms with E-state index in [1.807, 2.05) is 30.3 Å². The monoisotopic (exact) mass is 359 g/mol. The van der Waals surface area contributed by atoms with E-state index in [1.54, 1.807) is 0 Å². The van der Waals surface area contributed by atoms with E-state index < -0.39 is 29.4 Å². The van der Waals surface area contributed by atoms with Crippen molar-refractivity contribution >= 4 is 11.9 Å². The Kier molecular flexibility index (Phi) is 5.30. The summed E-state index contributed by atoms with van der Waals surface area (Å²) in [6.07, 6.45) is 0.794. The van der Waals surface area contributed by atoms with Crippen LogP contribution in [0.3, 0.4) is 0 Å². The van der Waals surface area contributed by atoms with Gasteiger partial charge in [0.2, 0.25) is 5.91 Å². The fourth-order valence-electron chi connectivity index (χ4n) is 3.13. The maximum atomic E-state index is 13.8. The predicted molar refractivity (Wildman–Crippen MR) is 91.5 cm³/mol. The van der Waals surface area contributed by atoms with Crippen molar-refractivity contribution in [2.45, 2.75) is 18.8 Å². The number of carboxylic acid groups (broad SMARTS) is 1. The molecular formula is C20H19F2NO3. The summed E-state index contributed by atoms with van der Waals surface area (Å²) in [4.78, 5) is 23.7. The minimum absolute atomic E-state index is 0.0121. The maximum absolute atomic E-state index is 13.8. The molecule has 0 heterocycles. The number of aliphatic carboxylic acids is 1. The van der Waals surface area contributed by atoms with E-state index in [9.17, 15) is 23.5 Å². The number of amides is 1. The molecule has 4 nitrogen and oxygen atoms in total. The van der Waals surface area contributed by atoms with Crippen molar-refractivity contribution in [3.63, 3.8) is 0 Å². The summed E-state index contributed by atoms with van der Waals surface area (Å²) in [6.45, 7) is 0.0121. The van der Waals surface area contributed by atoms with E-state index >= 15 is 0 Å². The van der Waals surface area contributed by atoms with Gasteiger partial charge in [0.1, 0.15) is 11.6 Å². The third-order valence-electron chi connectivity index (χ3n) is 4.69. The number of hydrogen-bond acceptors (Lipinski definition) is 2. The van der Waals surface area contributed by atoms with E-state index in [1.165, 1.54) is 12.1 Å². The van der Waals surface area contributed by atoms with Gasteiger partial charge in [-0.2, -0.15) is 0 Å². The number of nitrogens with one attached hydrogen (secondary N) is 1. The lowest BCUT2D eigenvalue weighted by Crippen LogP contribution is -2.35. The zero-order valence-corrected chi connectivity index (χ0v) is 14.0. The molecule has 1 fully saturated rings. The first-order valence-corrected chi connectivity index (χ1v) is 8.45. The number of carbonyl (C=O) groups is 2. The molecule has 0 aromatic heterocycles. The number of rotatable bonds is 7. The van der Waals surface area contributed by atoms with Crippen molar-refractivity contribution in [3.8, 4) is 0 Å². The van der Waals surface area contributed by atoms with Gasteiger partial charge in [-0.3, -0.25) is 9.59 Å². The average molecular weight is 359 g/mol. The normalized spacial score (nSPS) is 19.6. The largest absolute Gasteiger partial charge is 0.481 e. The first-order valence-electron chi connectivity index (χ1n) is 8.45. The van der Waals surface area contributed by atoms with Crippen LogP contribution in [0.5, 0.6) is 0 Å². The second-order valence-electron chi connectivity index (χ2n) is 6.58. The lowest BCUT2D eigenvalue weighted by atomic mass is 9.99. The molecule has 2 aromatic rings. The average Bonchev–Trinajstić information content (AvgIpc) is 3.39. The third-order valence-corrected chi connectivity index (χ3v) is 4.69. The SMILES string of the molecule is O=C(O)C(CNC(=O)C1CC1c1ccc(F)cc1F)Cc1ccccc1. The summed E-state index contributed by atoms with van der Waals surface area (Å²) in [5.41, 5.74) is 1.21. The van der Waals surface area contributed by atoms with Crippen LogP contribution in [0.25, 0.3) is 0 Å². The van der Waals surface area contributed by atoms with Crippen molar-refractivity contribution in [1.29, 1.82) is 0 Å². The highest BCUT2D eigenvalue weighted by molar-refractivity contribution is 5.83. The van der Waals surface area contributed by atoms with Crippen LogP contribution in [-0.2, 0) is 16.0 Å². The molecule has 3 atom stereocenters. The highest BCUT2D eigenvalue weighted by Crippen LogP contribution is 2.48. The highest BCUT2D eigenvalue weighted by atomic mass is 19.1. The second kappa shape index (κ2) is 7.64. The van der Waals surface area contributed by atoms with Crippen molar-refractivity contribution in [2.75, 3.05) is 6.54 Å². The van der Waals surface area contributed by atoms with Crippen molar-refractivity contribution in [2.24, 2.45) is 11.8 Å². The minimum atomic E-state index is -0.980. The minimum Gasteiger partial charge on any atom is -0.481 e. The van der Waals surface area contributed by atoms with Crippen molar-refractivity contribution in [3.05, 3.63) is 71.3 Å². The Labute approximate surface area is 149 Å². The van der Waals surface area contributed by atoms with Gasteiger partial charge in [0.05, 0.1) is 5.92 Å². The predicted octanol–water partition coefficient (Wildman–Crippen LogP) is 3.13. The lowest BCUT2D eigenvalue weighted by molar-refractivity contribution is -0.141. The Bertz CT molecular complexity index is 810. The van der Waals surface area contributed by atoms with Crippen LogP contribution in [0.2, 0.25) is 0 Å². The van der Waals surface area contributed by atoms with Crippen molar-refractivity contribution < 1.29 is 23.5 Å². The molecule has 136 valence electrons. The van der Waals surface area contributed by atoms with Crippen LogP contribution in [0, 0.1) is 23.5 Å². The van der Waals surface area contributed by atoms with E-state index in [4.69, 9.17) is 0 Å². The van der Waals surface area contributed by atoms with Crippen LogP contribution in [0.15, 0.2) is 48.5 Å². The van der Waals surface area contributed by atoms with Gasteiger partial charge in [-0.1, -0.05) is 36.4 Å². The summed E-state index contributed by atoms with van der Waals surface area (Å²) < 4.78 is 26.8. The molecule has 0 saturated heterocycles. The van der Waals surface area contributed by atoms with E-state index in [-0.39, 0.29) is 18.4 Å². The molecule has 2 aromatic carbocycles. The van der Waals surface area contributed by atoms with Gasteiger partial charge in [-0.05, 0) is 36.0 Å². The summed E-state index contributed by atoms with van der Waals surface area (Å²) in [7, 11) is 0. The van der Waals surface area contributed by atoms with Gasteiger partial charge in [0.25, 0.3) is 0 Å². The van der Waals surface area contributed by atoms with Crippen molar-refractivity contribution in [1.82, 2.24) is 5.32 Å². The Hall–Kier alpha value is -2.76. The van der Waals surface area contributed by atoms with E-state index in [2.05, 4.69) is 5.32 Å². The van der Waals surface area contributed by atoms with Gasteiger partial charge in [-0.25, -0.2) is 8.78 Å². The molecule has 0 spiro atoms. The molecule has 1 amide bonds. The standard InChI is InChI=1S/C20H19F2NO3/c21-14-6-7-15(18(22)9-14)16-10-17(16)19(24)23-11-13(20(25)26)8-12-4-2-1-3-5-12/h1-7,9,13,16-17H,8,10-11H2,(H,23,24)(H,25,26). The Morgan fingerprint density at radius 3 is 2.54 bits per heavy atom. The fourth-order valence-corrected chi connectivity index (χ4v) is 3.13. The molecule has 0 bridgehead atoms. The fraction of sp³-hybridized carbons (Fsp3) is 0.300. The number of benzene rings is 2. The number of hydrogen-bond donors (Lipinski definition) is 2. The van der Waals surface area contributed by atoms with Gasteiger partial charge >= 0.3 is 5.97 Å². The van der Waals surface area contributed by atoms with Gasteiger partial charge in [0.15, 0.2) is 0 Å². The molecule has 2 N–H and O–H groups in total. The first kappa shape index (κ1) is 18.0.